The summed E-state index contributed by atoms with van der Waals surface area (Å²) in [5, 5.41) is 2.21. The van der Waals surface area contributed by atoms with Gasteiger partial charge in [0.25, 0.3) is 0 Å². The van der Waals surface area contributed by atoms with Gasteiger partial charge in [-0.3, -0.25) is 0 Å². The van der Waals surface area contributed by atoms with Crippen LogP contribution in [0, 0.1) is 0 Å². The number of hydrogen-bond acceptors (Lipinski definition) is 3. The maximum atomic E-state index is 5.71. The third-order valence-electron chi connectivity index (χ3n) is 2.24. The summed E-state index contributed by atoms with van der Waals surface area (Å²) in [5.41, 5.74) is 1.55. The summed E-state index contributed by atoms with van der Waals surface area (Å²) >= 11 is 5.71. The molecule has 2 heterocycles. The van der Waals surface area contributed by atoms with Crippen molar-refractivity contribution >= 4 is 33.5 Å². The first-order valence-corrected chi connectivity index (χ1v) is 4.89. The number of hydrogen-bond donors (Lipinski definition) is 0. The van der Waals surface area contributed by atoms with Crippen molar-refractivity contribution < 1.29 is 0 Å². The van der Waals surface area contributed by atoms with E-state index in [1.54, 1.807) is 6.20 Å². The molecule has 0 spiro atoms. The van der Waals surface area contributed by atoms with Crippen LogP contribution < -0.4 is 0 Å². The Morgan fingerprint density at radius 2 is 1.87 bits per heavy atom. The highest BCUT2D eigenvalue weighted by molar-refractivity contribution is 6.28. The Hall–Kier alpha value is -1.74. The molecule has 72 valence electrons. The van der Waals surface area contributed by atoms with Gasteiger partial charge in [0.15, 0.2) is 5.65 Å². The van der Waals surface area contributed by atoms with Crippen LogP contribution in [0.2, 0.25) is 5.28 Å². The van der Waals surface area contributed by atoms with Crippen molar-refractivity contribution in [3.8, 4) is 0 Å². The van der Waals surface area contributed by atoms with Gasteiger partial charge < -0.3 is 0 Å². The zero-order valence-electron chi connectivity index (χ0n) is 7.68. The highest BCUT2D eigenvalue weighted by Crippen LogP contribution is 2.18. The highest BCUT2D eigenvalue weighted by atomic mass is 35.5. The molecule has 3 nitrogen and oxygen atoms in total. The standard InChI is InChI=1S/C11H6ClN3/c12-11-13-6-8-5-7-3-1-2-4-9(7)14-10(8)15-11/h1-6H. The van der Waals surface area contributed by atoms with Crippen LogP contribution in [0.5, 0.6) is 0 Å². The fraction of sp³-hybridized carbons (Fsp3) is 0. The second kappa shape index (κ2) is 3.14. The van der Waals surface area contributed by atoms with Crippen LogP contribution in [-0.2, 0) is 0 Å². The van der Waals surface area contributed by atoms with Gasteiger partial charge in [-0.15, -0.1) is 0 Å². The van der Waals surface area contributed by atoms with E-state index in [4.69, 9.17) is 11.6 Å². The van der Waals surface area contributed by atoms with Gasteiger partial charge in [-0.05, 0) is 23.7 Å². The summed E-state index contributed by atoms with van der Waals surface area (Å²) in [6.45, 7) is 0. The van der Waals surface area contributed by atoms with E-state index in [1.807, 2.05) is 30.3 Å². The molecular weight excluding hydrogens is 210 g/mol. The van der Waals surface area contributed by atoms with Crippen LogP contribution in [0.25, 0.3) is 21.9 Å². The van der Waals surface area contributed by atoms with Gasteiger partial charge in [0, 0.05) is 17.0 Å². The summed E-state index contributed by atoms with van der Waals surface area (Å²) in [6.07, 6.45) is 1.68. The molecule has 3 rings (SSSR count). The first-order valence-electron chi connectivity index (χ1n) is 4.51. The average Bonchev–Trinajstić information content (AvgIpc) is 2.26. The minimum absolute atomic E-state index is 0.227. The first-order chi connectivity index (χ1) is 7.33. The smallest absolute Gasteiger partial charge is 0.224 e. The molecule has 0 saturated carbocycles. The Labute approximate surface area is 90.8 Å². The van der Waals surface area contributed by atoms with E-state index in [0.29, 0.717) is 5.65 Å². The van der Waals surface area contributed by atoms with Gasteiger partial charge in [0.05, 0.1) is 5.52 Å². The van der Waals surface area contributed by atoms with Crippen LogP contribution in [-0.4, -0.2) is 15.0 Å². The molecule has 0 aliphatic carbocycles. The Bertz CT molecular complexity index is 651. The van der Waals surface area contributed by atoms with Crippen LogP contribution in [0.3, 0.4) is 0 Å². The minimum Gasteiger partial charge on any atom is -0.228 e. The van der Waals surface area contributed by atoms with Crippen molar-refractivity contribution in [1.29, 1.82) is 0 Å². The summed E-state index contributed by atoms with van der Waals surface area (Å²) in [5.74, 6) is 0. The van der Waals surface area contributed by atoms with E-state index >= 15 is 0 Å². The minimum atomic E-state index is 0.227. The van der Waals surface area contributed by atoms with Crippen LogP contribution in [0.4, 0.5) is 0 Å². The lowest BCUT2D eigenvalue weighted by Crippen LogP contribution is -1.88. The van der Waals surface area contributed by atoms with Crippen molar-refractivity contribution in [2.75, 3.05) is 0 Å². The van der Waals surface area contributed by atoms with Crippen LogP contribution >= 0.6 is 11.6 Å². The second-order valence-corrected chi connectivity index (χ2v) is 3.57. The van der Waals surface area contributed by atoms with Crippen molar-refractivity contribution in [2.24, 2.45) is 0 Å². The first kappa shape index (κ1) is 8.56. The zero-order valence-corrected chi connectivity index (χ0v) is 8.44. The number of nitrogens with zero attached hydrogens (tertiary/aromatic N) is 3. The van der Waals surface area contributed by atoms with E-state index in [-0.39, 0.29) is 5.28 Å². The van der Waals surface area contributed by atoms with Crippen molar-refractivity contribution in [1.82, 2.24) is 15.0 Å². The maximum Gasteiger partial charge on any atom is 0.224 e. The molecule has 0 radical (unpaired) electrons. The van der Waals surface area contributed by atoms with Crippen LogP contribution in [0.1, 0.15) is 0 Å². The summed E-state index contributed by atoms with van der Waals surface area (Å²) in [6, 6.07) is 9.89. The van der Waals surface area contributed by atoms with E-state index < -0.39 is 0 Å². The molecule has 2 aromatic heterocycles. The molecule has 0 N–H and O–H groups in total. The number of para-hydroxylation sites is 1. The molecule has 15 heavy (non-hydrogen) atoms. The molecule has 0 saturated heterocycles. The van der Waals surface area contributed by atoms with E-state index in [2.05, 4.69) is 15.0 Å². The van der Waals surface area contributed by atoms with Gasteiger partial charge in [-0.2, -0.15) is 4.98 Å². The lowest BCUT2D eigenvalue weighted by molar-refractivity contribution is 1.19. The van der Waals surface area contributed by atoms with Gasteiger partial charge in [-0.1, -0.05) is 18.2 Å². The Morgan fingerprint density at radius 1 is 1.00 bits per heavy atom. The van der Waals surface area contributed by atoms with E-state index in [1.165, 1.54) is 0 Å². The fourth-order valence-corrected chi connectivity index (χ4v) is 1.67. The number of fused-ring (bicyclic) bond motifs is 2. The number of rotatable bonds is 0. The van der Waals surface area contributed by atoms with Crippen molar-refractivity contribution in [3.63, 3.8) is 0 Å². The maximum absolute atomic E-state index is 5.71. The fourth-order valence-electron chi connectivity index (χ4n) is 1.55. The van der Waals surface area contributed by atoms with Gasteiger partial charge >= 0.3 is 0 Å². The van der Waals surface area contributed by atoms with Crippen LogP contribution in [0.15, 0.2) is 36.5 Å². The number of pyridine rings is 1. The molecule has 3 aromatic rings. The quantitative estimate of drug-likeness (QED) is 0.428. The Morgan fingerprint density at radius 3 is 2.80 bits per heavy atom. The molecule has 4 heteroatoms. The number of benzene rings is 1. The van der Waals surface area contributed by atoms with Crippen molar-refractivity contribution in [3.05, 3.63) is 41.8 Å². The number of halogens is 1. The molecule has 1 aromatic carbocycles. The third kappa shape index (κ3) is 1.41. The molecule has 0 amide bonds. The van der Waals surface area contributed by atoms with Gasteiger partial charge in [0.1, 0.15) is 0 Å². The summed E-state index contributed by atoms with van der Waals surface area (Å²) < 4.78 is 0. The predicted molar refractivity (Wildman–Crippen MR) is 59.8 cm³/mol. The molecule has 0 bridgehead atoms. The lowest BCUT2D eigenvalue weighted by atomic mass is 10.2. The lowest BCUT2D eigenvalue weighted by Gasteiger charge is -1.99. The third-order valence-corrected chi connectivity index (χ3v) is 2.42. The van der Waals surface area contributed by atoms with Gasteiger partial charge in [0.2, 0.25) is 5.28 Å². The molecule has 0 aliphatic heterocycles. The largest absolute Gasteiger partial charge is 0.228 e. The second-order valence-electron chi connectivity index (χ2n) is 3.23. The van der Waals surface area contributed by atoms with E-state index in [9.17, 15) is 0 Å². The molecule has 0 aliphatic rings. The zero-order chi connectivity index (χ0) is 10.3. The monoisotopic (exact) mass is 215 g/mol. The SMILES string of the molecule is Clc1ncc2cc3ccccc3nc2n1. The van der Waals surface area contributed by atoms with E-state index in [0.717, 1.165) is 16.3 Å². The summed E-state index contributed by atoms with van der Waals surface area (Å²) in [7, 11) is 0. The highest BCUT2D eigenvalue weighted by Gasteiger charge is 2.01. The normalized spacial score (nSPS) is 11.0. The van der Waals surface area contributed by atoms with Crippen molar-refractivity contribution in [2.45, 2.75) is 0 Å². The van der Waals surface area contributed by atoms with Gasteiger partial charge in [-0.25, -0.2) is 9.97 Å². The average molecular weight is 216 g/mol. The summed E-state index contributed by atoms with van der Waals surface area (Å²) in [4.78, 5) is 12.4. The number of aromatic nitrogens is 3. The molecule has 0 atom stereocenters. The molecule has 0 fully saturated rings. The Kier molecular flexibility index (Phi) is 1.79. The predicted octanol–water partition coefficient (Wildman–Crippen LogP) is 2.83. The topological polar surface area (TPSA) is 38.7 Å². The molecular formula is C11H6ClN3. The molecule has 0 unspecified atom stereocenters. The Balaban J connectivity index is 2.47.